The van der Waals surface area contributed by atoms with Gasteiger partial charge in [0.25, 0.3) is 0 Å². The minimum Gasteiger partial charge on any atom is -0.289 e. The Hall–Kier alpha value is -2.31. The molecule has 0 aliphatic heterocycles. The predicted octanol–water partition coefficient (Wildman–Crippen LogP) is 4.63. The van der Waals surface area contributed by atoms with E-state index in [-0.39, 0.29) is 10.0 Å². The van der Waals surface area contributed by atoms with Crippen molar-refractivity contribution in [2.24, 2.45) is 0 Å². The van der Waals surface area contributed by atoms with Crippen molar-refractivity contribution in [3.63, 3.8) is 0 Å². The van der Waals surface area contributed by atoms with E-state index in [2.05, 4.69) is 4.98 Å². The summed E-state index contributed by atoms with van der Waals surface area (Å²) < 4.78 is 106. The van der Waals surface area contributed by atoms with E-state index in [0.717, 1.165) is 12.3 Å². The summed E-state index contributed by atoms with van der Waals surface area (Å²) in [6.45, 7) is -1.10. The second-order valence-corrected chi connectivity index (χ2v) is 8.39. The van der Waals surface area contributed by atoms with Gasteiger partial charge in [0.1, 0.15) is 10.8 Å². The highest BCUT2D eigenvalue weighted by molar-refractivity contribution is 7.89. The first-order valence-electron chi connectivity index (χ1n) is 8.15. The van der Waals surface area contributed by atoms with Crippen molar-refractivity contribution in [3.05, 3.63) is 65.1 Å². The molecule has 30 heavy (non-hydrogen) atoms. The first-order valence-corrected chi connectivity index (χ1v) is 10.0. The SMILES string of the molecule is O=S(=O)(NC[C@H](c1ccc(C(F)(F)F)cc1)C(F)(F)F)c1ccc2ncc(Cl)n2c1. The molecule has 0 aliphatic carbocycles. The summed E-state index contributed by atoms with van der Waals surface area (Å²) in [5, 5.41) is 0.0972. The summed E-state index contributed by atoms with van der Waals surface area (Å²) in [7, 11) is -4.38. The molecule has 0 spiro atoms. The normalized spacial score (nSPS) is 14.2. The molecule has 0 bridgehead atoms. The molecule has 162 valence electrons. The quantitative estimate of drug-likeness (QED) is 0.552. The lowest BCUT2D eigenvalue weighted by atomic mass is 9.97. The Morgan fingerprint density at radius 1 is 1.03 bits per heavy atom. The number of hydrogen-bond acceptors (Lipinski definition) is 3. The zero-order chi connectivity index (χ0) is 22.3. The van der Waals surface area contributed by atoms with Crippen molar-refractivity contribution >= 4 is 27.3 Å². The number of nitrogens with zero attached hydrogens (tertiary/aromatic N) is 2. The largest absolute Gasteiger partial charge is 0.416 e. The third kappa shape index (κ3) is 4.71. The minimum atomic E-state index is -4.90. The van der Waals surface area contributed by atoms with Crippen LogP contribution in [0.25, 0.3) is 5.65 Å². The van der Waals surface area contributed by atoms with Crippen LogP contribution in [0.3, 0.4) is 0 Å². The summed E-state index contributed by atoms with van der Waals surface area (Å²) in [6.07, 6.45) is -7.25. The van der Waals surface area contributed by atoms with E-state index >= 15 is 0 Å². The number of rotatable bonds is 5. The van der Waals surface area contributed by atoms with Crippen LogP contribution in [0, 0.1) is 0 Å². The Labute approximate surface area is 171 Å². The van der Waals surface area contributed by atoms with E-state index in [4.69, 9.17) is 11.6 Å². The van der Waals surface area contributed by atoms with E-state index in [1.165, 1.54) is 16.7 Å². The van der Waals surface area contributed by atoms with Gasteiger partial charge in [-0.05, 0) is 29.8 Å². The van der Waals surface area contributed by atoms with Gasteiger partial charge >= 0.3 is 12.4 Å². The lowest BCUT2D eigenvalue weighted by Crippen LogP contribution is -2.35. The number of hydrogen-bond donors (Lipinski definition) is 1. The second-order valence-electron chi connectivity index (χ2n) is 6.24. The maximum absolute atomic E-state index is 13.5. The molecular formula is C17H12ClF6N3O2S. The molecule has 0 saturated carbocycles. The fraction of sp³-hybridized carbons (Fsp3) is 0.235. The molecule has 2 aromatic heterocycles. The van der Waals surface area contributed by atoms with Crippen molar-refractivity contribution in [2.75, 3.05) is 6.54 Å². The molecule has 1 N–H and O–H groups in total. The Bertz CT molecular complexity index is 1160. The lowest BCUT2D eigenvalue weighted by molar-refractivity contribution is -0.148. The van der Waals surface area contributed by atoms with Crippen LogP contribution in [0.4, 0.5) is 26.3 Å². The molecule has 3 aromatic rings. The highest BCUT2D eigenvalue weighted by atomic mass is 35.5. The lowest BCUT2D eigenvalue weighted by Gasteiger charge is -2.21. The van der Waals surface area contributed by atoms with Crippen molar-refractivity contribution < 1.29 is 34.8 Å². The molecule has 0 saturated heterocycles. The van der Waals surface area contributed by atoms with Crippen LogP contribution >= 0.6 is 11.6 Å². The van der Waals surface area contributed by atoms with Crippen LogP contribution in [0.1, 0.15) is 17.0 Å². The number of benzene rings is 1. The monoisotopic (exact) mass is 471 g/mol. The number of alkyl halides is 6. The van der Waals surface area contributed by atoms with Gasteiger partial charge in [0, 0.05) is 12.7 Å². The molecule has 1 aromatic carbocycles. The Kier molecular flexibility index (Phi) is 5.78. The molecule has 0 radical (unpaired) electrons. The second kappa shape index (κ2) is 7.75. The van der Waals surface area contributed by atoms with Crippen LogP contribution in [-0.4, -0.2) is 30.5 Å². The number of aromatic nitrogens is 2. The van der Waals surface area contributed by atoms with Crippen molar-refractivity contribution in [1.29, 1.82) is 0 Å². The highest BCUT2D eigenvalue weighted by Gasteiger charge is 2.41. The van der Waals surface area contributed by atoms with Gasteiger partial charge in [0.2, 0.25) is 10.0 Å². The molecule has 13 heteroatoms. The van der Waals surface area contributed by atoms with E-state index in [1.54, 1.807) is 0 Å². The highest BCUT2D eigenvalue weighted by Crippen LogP contribution is 2.36. The first-order chi connectivity index (χ1) is 13.8. The average Bonchev–Trinajstić information content (AvgIpc) is 3.01. The fourth-order valence-corrected chi connectivity index (χ4v) is 3.92. The zero-order valence-electron chi connectivity index (χ0n) is 14.7. The summed E-state index contributed by atoms with van der Waals surface area (Å²) in [6, 6.07) is 4.83. The van der Waals surface area contributed by atoms with Crippen molar-refractivity contribution in [1.82, 2.24) is 14.1 Å². The molecule has 0 fully saturated rings. The maximum Gasteiger partial charge on any atom is 0.416 e. The van der Waals surface area contributed by atoms with Crippen LogP contribution in [0.15, 0.2) is 53.7 Å². The fourth-order valence-electron chi connectivity index (χ4n) is 2.69. The molecule has 0 amide bonds. The van der Waals surface area contributed by atoms with Gasteiger partial charge in [-0.15, -0.1) is 0 Å². The summed E-state index contributed by atoms with van der Waals surface area (Å²) >= 11 is 5.86. The van der Waals surface area contributed by atoms with E-state index in [9.17, 15) is 34.8 Å². The van der Waals surface area contributed by atoms with Crippen LogP contribution in [0.2, 0.25) is 5.15 Å². The molecule has 1 atom stereocenters. The van der Waals surface area contributed by atoms with E-state index in [1.807, 2.05) is 4.72 Å². The number of nitrogens with one attached hydrogen (secondary N) is 1. The molecular weight excluding hydrogens is 460 g/mol. The first kappa shape index (κ1) is 22.4. The molecule has 0 aliphatic rings. The van der Waals surface area contributed by atoms with E-state index in [0.29, 0.717) is 29.9 Å². The van der Waals surface area contributed by atoms with Gasteiger partial charge in [0.05, 0.1) is 22.6 Å². The Morgan fingerprint density at radius 2 is 1.67 bits per heavy atom. The topological polar surface area (TPSA) is 63.5 Å². The van der Waals surface area contributed by atoms with Gasteiger partial charge in [0.15, 0.2) is 0 Å². The van der Waals surface area contributed by atoms with Crippen LogP contribution in [0.5, 0.6) is 0 Å². The number of pyridine rings is 1. The standard InChI is InChI=1S/C17H12ClF6N3O2S/c18-14-8-25-15-6-5-12(9-27(14)15)30(28,29)26-7-13(17(22,23)24)10-1-3-11(4-2-10)16(19,20)21/h1-6,8-9,13,26H,7H2/t13-/m1/s1. The molecule has 5 nitrogen and oxygen atoms in total. The van der Waals surface area contributed by atoms with Crippen LogP contribution in [-0.2, 0) is 16.2 Å². The predicted molar refractivity (Wildman–Crippen MR) is 95.6 cm³/mol. The van der Waals surface area contributed by atoms with Gasteiger partial charge < -0.3 is 0 Å². The number of imidazole rings is 1. The summed E-state index contributed by atoms with van der Waals surface area (Å²) in [5.41, 5.74) is -1.29. The molecule has 3 rings (SSSR count). The summed E-state index contributed by atoms with van der Waals surface area (Å²) in [4.78, 5) is 3.54. The third-order valence-electron chi connectivity index (χ3n) is 4.26. The number of fused-ring (bicyclic) bond motifs is 1. The van der Waals surface area contributed by atoms with E-state index < -0.39 is 46.0 Å². The average molecular weight is 472 g/mol. The zero-order valence-corrected chi connectivity index (χ0v) is 16.2. The van der Waals surface area contributed by atoms with Gasteiger partial charge in [-0.25, -0.2) is 18.1 Å². The van der Waals surface area contributed by atoms with Gasteiger partial charge in [-0.2, -0.15) is 26.3 Å². The van der Waals surface area contributed by atoms with Gasteiger partial charge in [-0.3, -0.25) is 4.40 Å². The minimum absolute atomic E-state index is 0.0972. The maximum atomic E-state index is 13.5. The summed E-state index contributed by atoms with van der Waals surface area (Å²) in [5.74, 6) is -2.35. The van der Waals surface area contributed by atoms with Crippen LogP contribution < -0.4 is 4.72 Å². The Balaban J connectivity index is 1.85. The smallest absolute Gasteiger partial charge is 0.289 e. The number of sulfonamides is 1. The molecule has 0 unspecified atom stereocenters. The van der Waals surface area contributed by atoms with Crippen molar-refractivity contribution in [2.45, 2.75) is 23.2 Å². The van der Waals surface area contributed by atoms with Gasteiger partial charge in [-0.1, -0.05) is 23.7 Å². The van der Waals surface area contributed by atoms with Crippen molar-refractivity contribution in [3.8, 4) is 0 Å². The molecule has 2 heterocycles. The third-order valence-corrected chi connectivity index (χ3v) is 5.95. The Morgan fingerprint density at radius 3 is 2.23 bits per heavy atom. The number of halogens is 7.